The normalized spacial score (nSPS) is 15.2. The van der Waals surface area contributed by atoms with E-state index in [9.17, 15) is 4.57 Å². The Morgan fingerprint density at radius 3 is 2.67 bits per heavy atom. The molecule has 0 fully saturated rings. The highest BCUT2D eigenvalue weighted by molar-refractivity contribution is 7.85. The molecular weight excluding hydrogens is 195 g/mol. The fraction of sp³-hybridized carbons (Fsp3) is 0.250. The van der Waals surface area contributed by atoms with Crippen molar-refractivity contribution in [2.75, 3.05) is 6.66 Å². The fourth-order valence-electron chi connectivity index (χ4n) is 0.860. The molecule has 1 rings (SSSR count). The van der Waals surface area contributed by atoms with Crippen molar-refractivity contribution < 1.29 is 9.09 Å². The van der Waals surface area contributed by atoms with Crippen molar-refractivity contribution in [1.29, 1.82) is 0 Å². The topological polar surface area (TPSA) is 26.3 Å². The van der Waals surface area contributed by atoms with Gasteiger partial charge in [0.25, 0.3) is 0 Å². The maximum Gasteiger partial charge on any atom is 0.333 e. The van der Waals surface area contributed by atoms with E-state index in [0.29, 0.717) is 5.75 Å². The van der Waals surface area contributed by atoms with Crippen LogP contribution in [0, 0.1) is 6.92 Å². The molecule has 0 aliphatic rings. The van der Waals surface area contributed by atoms with Crippen molar-refractivity contribution in [3.63, 3.8) is 0 Å². The van der Waals surface area contributed by atoms with Crippen LogP contribution in [0.3, 0.4) is 0 Å². The molecule has 1 unspecified atom stereocenters. The lowest BCUT2D eigenvalue weighted by molar-refractivity contribution is 0.504. The number of hydrogen-bond acceptors (Lipinski definition) is 2. The second-order valence-electron chi connectivity index (χ2n) is 2.65. The van der Waals surface area contributed by atoms with E-state index in [1.165, 1.54) is 6.66 Å². The lowest BCUT2D eigenvalue weighted by Crippen LogP contribution is -1.84. The van der Waals surface area contributed by atoms with Crippen LogP contribution in [0.1, 0.15) is 5.56 Å². The van der Waals surface area contributed by atoms with Gasteiger partial charge in [-0.05, 0) is 35.9 Å². The number of benzene rings is 1. The van der Waals surface area contributed by atoms with Gasteiger partial charge in [-0.1, -0.05) is 12.1 Å². The van der Waals surface area contributed by atoms with Crippen molar-refractivity contribution >= 4 is 18.0 Å². The van der Waals surface area contributed by atoms with E-state index < -0.39 is 6.72 Å². The zero-order valence-electron chi connectivity index (χ0n) is 6.95. The lowest BCUT2D eigenvalue weighted by Gasteiger charge is -2.07. The summed E-state index contributed by atoms with van der Waals surface area (Å²) in [6.45, 7) is 0.369. The molecule has 12 heavy (non-hydrogen) atoms. The molecule has 1 aromatic rings. The van der Waals surface area contributed by atoms with Crippen LogP contribution in [0.25, 0.3) is 0 Å². The van der Waals surface area contributed by atoms with E-state index in [0.717, 1.165) is 5.56 Å². The second kappa shape index (κ2) is 3.51. The summed E-state index contributed by atoms with van der Waals surface area (Å²) in [5, 5.41) is 0. The molecule has 66 valence electrons. The average molecular weight is 205 g/mol. The third-order valence-corrected chi connectivity index (χ3v) is 2.00. The molecular formula is C8H10ClO2P. The van der Waals surface area contributed by atoms with Gasteiger partial charge in [-0.15, -0.1) is 0 Å². The van der Waals surface area contributed by atoms with Gasteiger partial charge in [0.05, 0.1) is 0 Å². The summed E-state index contributed by atoms with van der Waals surface area (Å²) in [6.07, 6.45) is 0. The Morgan fingerprint density at radius 2 is 2.17 bits per heavy atom. The number of aryl methyl sites for hydroxylation is 1. The summed E-state index contributed by atoms with van der Waals surface area (Å²) in [5.74, 6) is 0.552. The fourth-order valence-corrected chi connectivity index (χ4v) is 1.59. The Bertz CT molecular complexity index is 319. The van der Waals surface area contributed by atoms with Crippen LogP contribution in [0.5, 0.6) is 5.75 Å². The summed E-state index contributed by atoms with van der Waals surface area (Å²) in [4.78, 5) is 0. The smallest absolute Gasteiger partial charge is 0.333 e. The number of halogens is 1. The van der Waals surface area contributed by atoms with Crippen LogP contribution < -0.4 is 4.52 Å². The first kappa shape index (κ1) is 9.63. The molecule has 0 heterocycles. The van der Waals surface area contributed by atoms with Crippen LogP contribution in [0.15, 0.2) is 24.3 Å². The summed E-state index contributed by atoms with van der Waals surface area (Å²) < 4.78 is 16.0. The molecule has 0 N–H and O–H groups in total. The molecule has 1 atom stereocenters. The van der Waals surface area contributed by atoms with Crippen LogP contribution in [-0.2, 0) is 4.57 Å². The molecule has 0 saturated heterocycles. The maximum atomic E-state index is 11.0. The Hall–Kier alpha value is -0.460. The van der Waals surface area contributed by atoms with Crippen molar-refractivity contribution in [1.82, 2.24) is 0 Å². The molecule has 0 radical (unpaired) electrons. The molecule has 0 spiro atoms. The summed E-state index contributed by atoms with van der Waals surface area (Å²) >= 11 is 5.45. The minimum Gasteiger partial charge on any atom is -0.433 e. The van der Waals surface area contributed by atoms with Gasteiger partial charge < -0.3 is 4.52 Å². The van der Waals surface area contributed by atoms with E-state index in [1.54, 1.807) is 12.1 Å². The second-order valence-corrected chi connectivity index (χ2v) is 6.17. The molecule has 0 aliphatic heterocycles. The molecule has 0 aliphatic carbocycles. The first-order valence-corrected chi connectivity index (χ1v) is 6.48. The lowest BCUT2D eigenvalue weighted by atomic mass is 10.2. The molecule has 1 aromatic carbocycles. The molecule has 2 nitrogen and oxygen atoms in total. The average Bonchev–Trinajstić information content (AvgIpc) is 1.82. The highest BCUT2D eigenvalue weighted by Gasteiger charge is 2.11. The molecule has 0 amide bonds. The van der Waals surface area contributed by atoms with Crippen molar-refractivity contribution in [2.45, 2.75) is 6.92 Å². The first-order valence-electron chi connectivity index (χ1n) is 3.51. The van der Waals surface area contributed by atoms with Crippen molar-refractivity contribution in [3.8, 4) is 5.75 Å². The standard InChI is InChI=1S/C8H10ClO2P/c1-7-4-3-5-8(6-7)11-12(2,9)10/h3-6H,1-2H3. The Kier molecular flexibility index (Phi) is 2.81. The molecule has 0 aromatic heterocycles. The first-order chi connectivity index (χ1) is 5.47. The molecule has 0 bridgehead atoms. The van der Waals surface area contributed by atoms with E-state index >= 15 is 0 Å². The Labute approximate surface area is 76.7 Å². The minimum atomic E-state index is -2.94. The van der Waals surface area contributed by atoms with Gasteiger partial charge in [0, 0.05) is 6.66 Å². The van der Waals surface area contributed by atoms with E-state index in [1.807, 2.05) is 19.1 Å². The van der Waals surface area contributed by atoms with Gasteiger partial charge >= 0.3 is 6.72 Å². The summed E-state index contributed by atoms with van der Waals surface area (Å²) in [6, 6.07) is 7.28. The SMILES string of the molecule is Cc1cccc(OP(C)(=O)Cl)c1. The van der Waals surface area contributed by atoms with Gasteiger partial charge in [0.1, 0.15) is 5.75 Å². The Morgan fingerprint density at radius 1 is 1.50 bits per heavy atom. The quantitative estimate of drug-likeness (QED) is 0.690. The Balaban J connectivity index is 2.84. The van der Waals surface area contributed by atoms with Crippen LogP contribution in [0.2, 0.25) is 0 Å². The zero-order valence-corrected chi connectivity index (χ0v) is 8.60. The van der Waals surface area contributed by atoms with E-state index in [4.69, 9.17) is 15.8 Å². The van der Waals surface area contributed by atoms with Crippen molar-refractivity contribution in [2.24, 2.45) is 0 Å². The van der Waals surface area contributed by atoms with Gasteiger partial charge in [-0.2, -0.15) is 0 Å². The number of rotatable bonds is 2. The molecule has 4 heteroatoms. The minimum absolute atomic E-state index is 0.552. The maximum absolute atomic E-state index is 11.0. The number of hydrogen-bond donors (Lipinski definition) is 0. The van der Waals surface area contributed by atoms with Crippen molar-refractivity contribution in [3.05, 3.63) is 29.8 Å². The highest BCUT2D eigenvalue weighted by atomic mass is 35.7. The predicted molar refractivity (Wildman–Crippen MR) is 51.2 cm³/mol. The van der Waals surface area contributed by atoms with E-state index in [2.05, 4.69) is 0 Å². The van der Waals surface area contributed by atoms with Gasteiger partial charge in [0.15, 0.2) is 0 Å². The molecule has 0 saturated carbocycles. The third-order valence-electron chi connectivity index (χ3n) is 1.26. The highest BCUT2D eigenvalue weighted by Crippen LogP contribution is 2.48. The van der Waals surface area contributed by atoms with Crippen LogP contribution >= 0.6 is 18.0 Å². The van der Waals surface area contributed by atoms with Gasteiger partial charge in [0.2, 0.25) is 0 Å². The summed E-state index contributed by atoms with van der Waals surface area (Å²) in [5.41, 5.74) is 1.05. The third kappa shape index (κ3) is 3.29. The van der Waals surface area contributed by atoms with E-state index in [-0.39, 0.29) is 0 Å². The predicted octanol–water partition coefficient (Wildman–Crippen LogP) is 3.44. The van der Waals surface area contributed by atoms with Crippen LogP contribution in [-0.4, -0.2) is 6.66 Å². The van der Waals surface area contributed by atoms with Crippen LogP contribution in [0.4, 0.5) is 0 Å². The van der Waals surface area contributed by atoms with Gasteiger partial charge in [-0.3, -0.25) is 4.57 Å². The largest absolute Gasteiger partial charge is 0.433 e. The summed E-state index contributed by atoms with van der Waals surface area (Å²) in [7, 11) is 0. The monoisotopic (exact) mass is 204 g/mol. The zero-order chi connectivity index (χ0) is 9.19. The van der Waals surface area contributed by atoms with Gasteiger partial charge in [-0.25, -0.2) is 0 Å².